The van der Waals surface area contributed by atoms with Gasteiger partial charge in [0.25, 0.3) is 0 Å². The molecule has 0 saturated carbocycles. The molecule has 0 bridgehead atoms. The number of carboxylic acids is 1. The first kappa shape index (κ1) is 16.5. The molecule has 6 nitrogen and oxygen atoms in total. The van der Waals surface area contributed by atoms with E-state index in [2.05, 4.69) is 10.6 Å². The molecule has 1 atom stereocenters. The van der Waals surface area contributed by atoms with Crippen molar-refractivity contribution in [1.29, 1.82) is 5.26 Å². The summed E-state index contributed by atoms with van der Waals surface area (Å²) in [6.07, 6.45) is 0.672. The second-order valence-electron chi connectivity index (χ2n) is 5.15. The van der Waals surface area contributed by atoms with Crippen molar-refractivity contribution in [3.8, 4) is 6.07 Å². The minimum absolute atomic E-state index is 0.164. The summed E-state index contributed by atoms with van der Waals surface area (Å²) in [5.74, 6) is -0.889. The number of urea groups is 1. The Morgan fingerprint density at radius 3 is 2.38 bits per heavy atom. The largest absolute Gasteiger partial charge is 0.480 e. The quantitative estimate of drug-likeness (QED) is 0.748. The number of amides is 2. The summed E-state index contributed by atoms with van der Waals surface area (Å²) < 4.78 is 0. The minimum atomic E-state index is -1.05. The first-order chi connectivity index (χ1) is 9.92. The minimum Gasteiger partial charge on any atom is -0.480 e. The van der Waals surface area contributed by atoms with Gasteiger partial charge in [0.1, 0.15) is 6.04 Å². The van der Waals surface area contributed by atoms with Gasteiger partial charge in [0.2, 0.25) is 0 Å². The van der Waals surface area contributed by atoms with E-state index < -0.39 is 18.0 Å². The number of carbonyl (C=O) groups is 2. The Hall–Kier alpha value is -2.55. The van der Waals surface area contributed by atoms with Gasteiger partial charge in [0.15, 0.2) is 0 Å². The Balaban J connectivity index is 2.59. The zero-order valence-electron chi connectivity index (χ0n) is 12.1. The van der Waals surface area contributed by atoms with Crippen LogP contribution in [0.1, 0.15) is 25.8 Å². The number of hydrogen-bond donors (Lipinski definition) is 3. The van der Waals surface area contributed by atoms with E-state index >= 15 is 0 Å². The molecule has 6 heteroatoms. The molecule has 0 saturated heterocycles. The molecule has 0 unspecified atom stereocenters. The average molecular weight is 289 g/mol. The Bertz CT molecular complexity index is 532. The lowest BCUT2D eigenvalue weighted by atomic mass is 10.0. The third kappa shape index (κ3) is 5.95. The van der Waals surface area contributed by atoms with Gasteiger partial charge in [-0.15, -0.1) is 0 Å². The van der Waals surface area contributed by atoms with Crippen molar-refractivity contribution in [3.63, 3.8) is 0 Å². The Kier molecular flexibility index (Phi) is 6.21. The summed E-state index contributed by atoms with van der Waals surface area (Å²) in [6, 6.07) is 7.38. The van der Waals surface area contributed by atoms with E-state index in [9.17, 15) is 9.59 Å². The predicted octanol–water partition coefficient (Wildman–Crippen LogP) is 2.37. The van der Waals surface area contributed by atoms with Gasteiger partial charge in [0.05, 0.1) is 12.5 Å². The first-order valence-corrected chi connectivity index (χ1v) is 6.68. The number of nitrogens with one attached hydrogen (secondary N) is 2. The van der Waals surface area contributed by atoms with E-state index in [4.69, 9.17) is 10.4 Å². The van der Waals surface area contributed by atoms with Gasteiger partial charge in [-0.05, 0) is 30.0 Å². The van der Waals surface area contributed by atoms with Gasteiger partial charge in [-0.1, -0.05) is 26.0 Å². The van der Waals surface area contributed by atoms with Crippen LogP contribution in [0.25, 0.3) is 0 Å². The number of benzene rings is 1. The van der Waals surface area contributed by atoms with Crippen LogP contribution in [-0.2, 0) is 11.2 Å². The van der Waals surface area contributed by atoms with Crippen molar-refractivity contribution < 1.29 is 14.7 Å². The highest BCUT2D eigenvalue weighted by Gasteiger charge is 2.20. The van der Waals surface area contributed by atoms with Crippen molar-refractivity contribution in [3.05, 3.63) is 29.8 Å². The van der Waals surface area contributed by atoms with Crippen LogP contribution in [0.5, 0.6) is 0 Å². The number of anilines is 1. The van der Waals surface area contributed by atoms with Crippen LogP contribution in [0.2, 0.25) is 0 Å². The maximum Gasteiger partial charge on any atom is 0.326 e. The summed E-state index contributed by atoms with van der Waals surface area (Å²) in [6.45, 7) is 3.78. The fourth-order valence-electron chi connectivity index (χ4n) is 1.82. The van der Waals surface area contributed by atoms with E-state index in [1.165, 1.54) is 0 Å². The highest BCUT2D eigenvalue weighted by atomic mass is 16.4. The molecule has 0 aliphatic carbocycles. The molecule has 0 radical (unpaired) electrons. The monoisotopic (exact) mass is 289 g/mol. The SMILES string of the molecule is CC(C)C[C@H](NC(=O)Nc1ccc(CC#N)cc1)C(=O)O. The molecule has 21 heavy (non-hydrogen) atoms. The Labute approximate surface area is 123 Å². The lowest BCUT2D eigenvalue weighted by molar-refractivity contribution is -0.139. The molecule has 0 fully saturated rings. The molecule has 0 spiro atoms. The Morgan fingerprint density at radius 1 is 1.29 bits per heavy atom. The zero-order chi connectivity index (χ0) is 15.8. The summed E-state index contributed by atoms with van der Waals surface area (Å²) in [4.78, 5) is 22.8. The third-order valence-corrected chi connectivity index (χ3v) is 2.81. The van der Waals surface area contributed by atoms with Gasteiger partial charge >= 0.3 is 12.0 Å². The molecule has 112 valence electrons. The fraction of sp³-hybridized carbons (Fsp3) is 0.400. The molecule has 0 aliphatic rings. The molecule has 0 aromatic heterocycles. The number of rotatable bonds is 6. The first-order valence-electron chi connectivity index (χ1n) is 6.68. The van der Waals surface area contributed by atoms with Crippen LogP contribution in [0.4, 0.5) is 10.5 Å². The van der Waals surface area contributed by atoms with Gasteiger partial charge in [0, 0.05) is 5.69 Å². The maximum absolute atomic E-state index is 11.8. The van der Waals surface area contributed by atoms with Crippen molar-refractivity contribution >= 4 is 17.7 Å². The van der Waals surface area contributed by atoms with Crippen LogP contribution in [0, 0.1) is 17.2 Å². The number of nitrogens with zero attached hydrogens (tertiary/aromatic N) is 1. The molecule has 1 rings (SSSR count). The lowest BCUT2D eigenvalue weighted by Crippen LogP contribution is -2.43. The fourth-order valence-corrected chi connectivity index (χ4v) is 1.82. The average Bonchev–Trinajstić information content (AvgIpc) is 2.40. The molecule has 1 aromatic rings. The molecule has 1 aromatic carbocycles. The van der Waals surface area contributed by atoms with Crippen LogP contribution >= 0.6 is 0 Å². The number of carbonyl (C=O) groups excluding carboxylic acids is 1. The van der Waals surface area contributed by atoms with E-state index in [0.29, 0.717) is 18.5 Å². The van der Waals surface area contributed by atoms with Gasteiger partial charge in [-0.25, -0.2) is 9.59 Å². The molecule has 0 aliphatic heterocycles. The van der Waals surface area contributed by atoms with Gasteiger partial charge < -0.3 is 15.7 Å². The normalized spacial score (nSPS) is 11.5. The molecular weight excluding hydrogens is 270 g/mol. The van der Waals surface area contributed by atoms with Crippen molar-refractivity contribution in [2.75, 3.05) is 5.32 Å². The highest BCUT2D eigenvalue weighted by Crippen LogP contribution is 2.10. The molecular formula is C15H19N3O3. The number of aliphatic carboxylic acids is 1. The van der Waals surface area contributed by atoms with E-state index in [1.54, 1.807) is 24.3 Å². The lowest BCUT2D eigenvalue weighted by Gasteiger charge is -2.17. The number of hydrogen-bond acceptors (Lipinski definition) is 3. The summed E-state index contributed by atoms with van der Waals surface area (Å²) >= 11 is 0. The zero-order valence-corrected chi connectivity index (χ0v) is 12.1. The van der Waals surface area contributed by atoms with Crippen molar-refractivity contribution in [2.45, 2.75) is 32.7 Å². The van der Waals surface area contributed by atoms with Crippen LogP contribution in [0.3, 0.4) is 0 Å². The molecule has 0 heterocycles. The van der Waals surface area contributed by atoms with E-state index in [1.807, 2.05) is 19.9 Å². The molecule has 2 amide bonds. The number of carboxylic acid groups (broad SMARTS) is 1. The van der Waals surface area contributed by atoms with Crippen LogP contribution < -0.4 is 10.6 Å². The van der Waals surface area contributed by atoms with Crippen LogP contribution in [-0.4, -0.2) is 23.1 Å². The smallest absolute Gasteiger partial charge is 0.326 e. The van der Waals surface area contributed by atoms with Crippen LogP contribution in [0.15, 0.2) is 24.3 Å². The van der Waals surface area contributed by atoms with Gasteiger partial charge in [-0.2, -0.15) is 5.26 Å². The molecule has 3 N–H and O–H groups in total. The summed E-state index contributed by atoms with van der Waals surface area (Å²) in [7, 11) is 0. The van der Waals surface area contributed by atoms with Crippen molar-refractivity contribution in [1.82, 2.24) is 5.32 Å². The van der Waals surface area contributed by atoms with Crippen molar-refractivity contribution in [2.24, 2.45) is 5.92 Å². The van der Waals surface area contributed by atoms with E-state index in [0.717, 1.165) is 5.56 Å². The maximum atomic E-state index is 11.8. The van der Waals surface area contributed by atoms with E-state index in [-0.39, 0.29) is 5.92 Å². The third-order valence-electron chi connectivity index (χ3n) is 2.81. The second kappa shape index (κ2) is 7.90. The van der Waals surface area contributed by atoms with Gasteiger partial charge in [-0.3, -0.25) is 0 Å². The highest BCUT2D eigenvalue weighted by molar-refractivity contribution is 5.92. The summed E-state index contributed by atoms with van der Waals surface area (Å²) in [5.41, 5.74) is 1.40. The Morgan fingerprint density at radius 2 is 1.90 bits per heavy atom. The topological polar surface area (TPSA) is 102 Å². The summed E-state index contributed by atoms with van der Waals surface area (Å²) in [5, 5.41) is 22.6. The number of nitriles is 1. The second-order valence-corrected chi connectivity index (χ2v) is 5.15. The predicted molar refractivity (Wildman–Crippen MR) is 78.8 cm³/mol. The standard InChI is InChI=1S/C15H19N3O3/c1-10(2)9-13(14(19)20)18-15(21)17-12-5-3-11(4-6-12)7-8-16/h3-6,10,13H,7,9H2,1-2H3,(H,19,20)(H2,17,18,21)/t13-/m0/s1.